The molecule has 5 rings (SSSR count). The fraction of sp³-hybridized carbons (Fsp3) is 0.300. The molecule has 0 aliphatic carbocycles. The van der Waals surface area contributed by atoms with Crippen molar-refractivity contribution in [1.82, 2.24) is 0 Å². The Kier molecular flexibility index (Phi) is 7.26. The lowest BCUT2D eigenvalue weighted by Gasteiger charge is -2.18. The lowest BCUT2D eigenvalue weighted by atomic mass is 9.84. The second kappa shape index (κ2) is 10.8. The predicted octanol–water partition coefficient (Wildman–Crippen LogP) is 4.72. The summed E-state index contributed by atoms with van der Waals surface area (Å²) in [5.74, 6) is 0.844. The maximum atomic E-state index is 12.6. The highest BCUT2D eigenvalue weighted by molar-refractivity contribution is 5.95. The van der Waals surface area contributed by atoms with Gasteiger partial charge in [-0.15, -0.1) is 0 Å². The van der Waals surface area contributed by atoms with E-state index < -0.39 is 0 Å². The maximum absolute atomic E-state index is 12.6. The van der Waals surface area contributed by atoms with Gasteiger partial charge in [-0.05, 0) is 53.1 Å². The SMILES string of the molecule is COc1cc([C@H]2OC[C@@H]3[C@H]2CO[C@@H]3c2ccc(CC(=O)/C=C/c3ccc(O)c(O)c3)c(OC)c2)ccc1O. The van der Waals surface area contributed by atoms with Crippen LogP contribution in [0.2, 0.25) is 0 Å². The van der Waals surface area contributed by atoms with Crippen molar-refractivity contribution in [2.75, 3.05) is 27.4 Å². The first-order chi connectivity index (χ1) is 18.4. The average molecular weight is 519 g/mol. The number of carbonyl (C=O) groups excluding carboxylic acids is 1. The van der Waals surface area contributed by atoms with Crippen LogP contribution in [0.25, 0.3) is 6.08 Å². The van der Waals surface area contributed by atoms with Gasteiger partial charge in [-0.1, -0.05) is 30.3 Å². The van der Waals surface area contributed by atoms with Crippen molar-refractivity contribution in [3.05, 3.63) is 82.9 Å². The first-order valence-corrected chi connectivity index (χ1v) is 12.4. The van der Waals surface area contributed by atoms with E-state index in [1.807, 2.05) is 30.3 Å². The van der Waals surface area contributed by atoms with Gasteiger partial charge >= 0.3 is 0 Å². The van der Waals surface area contributed by atoms with Crippen LogP contribution in [-0.4, -0.2) is 48.5 Å². The highest BCUT2D eigenvalue weighted by atomic mass is 16.5. The number of phenols is 3. The predicted molar refractivity (Wildman–Crippen MR) is 140 cm³/mol. The Balaban J connectivity index is 1.28. The number of allylic oxidation sites excluding steroid dienone is 1. The van der Waals surface area contributed by atoms with Crippen LogP contribution in [0.5, 0.6) is 28.7 Å². The maximum Gasteiger partial charge on any atom is 0.160 e. The molecule has 2 aliphatic rings. The highest BCUT2D eigenvalue weighted by Gasteiger charge is 2.48. The topological polar surface area (TPSA) is 115 Å². The molecule has 8 nitrogen and oxygen atoms in total. The zero-order chi connectivity index (χ0) is 26.8. The van der Waals surface area contributed by atoms with Gasteiger partial charge in [0.2, 0.25) is 0 Å². The minimum absolute atomic E-state index is 0.0900. The third-order valence-electron chi connectivity index (χ3n) is 7.26. The number of ether oxygens (including phenoxy) is 4. The Morgan fingerprint density at radius 3 is 2.05 bits per heavy atom. The average Bonchev–Trinajstić information content (AvgIpc) is 3.53. The van der Waals surface area contributed by atoms with Gasteiger partial charge in [0, 0.05) is 23.8 Å². The Labute approximate surface area is 220 Å². The van der Waals surface area contributed by atoms with Crippen molar-refractivity contribution in [2.45, 2.75) is 18.6 Å². The molecule has 3 aromatic carbocycles. The van der Waals surface area contributed by atoms with Crippen LogP contribution in [0.4, 0.5) is 0 Å². The summed E-state index contributed by atoms with van der Waals surface area (Å²) in [5, 5.41) is 29.0. The van der Waals surface area contributed by atoms with E-state index in [1.54, 1.807) is 25.3 Å². The van der Waals surface area contributed by atoms with Crippen molar-refractivity contribution in [1.29, 1.82) is 0 Å². The fourth-order valence-electron chi connectivity index (χ4n) is 5.27. The molecule has 0 amide bonds. The van der Waals surface area contributed by atoms with Crippen LogP contribution in [0.3, 0.4) is 0 Å². The molecule has 0 unspecified atom stereocenters. The number of aromatic hydroxyl groups is 3. The molecule has 2 saturated heterocycles. The van der Waals surface area contributed by atoms with Gasteiger partial charge in [0.05, 0.1) is 39.6 Å². The van der Waals surface area contributed by atoms with Gasteiger partial charge in [0.15, 0.2) is 28.8 Å². The Bertz CT molecular complexity index is 1360. The van der Waals surface area contributed by atoms with Crippen LogP contribution < -0.4 is 9.47 Å². The fourth-order valence-corrected chi connectivity index (χ4v) is 5.27. The Morgan fingerprint density at radius 1 is 0.816 bits per heavy atom. The lowest BCUT2D eigenvalue weighted by molar-refractivity contribution is -0.114. The molecule has 3 aromatic rings. The summed E-state index contributed by atoms with van der Waals surface area (Å²) in [5.41, 5.74) is 3.27. The molecule has 0 spiro atoms. The van der Waals surface area contributed by atoms with Crippen LogP contribution in [0.15, 0.2) is 60.7 Å². The van der Waals surface area contributed by atoms with Gasteiger partial charge in [0.1, 0.15) is 5.75 Å². The molecule has 2 fully saturated rings. The first-order valence-electron chi connectivity index (χ1n) is 12.4. The van der Waals surface area contributed by atoms with Gasteiger partial charge < -0.3 is 34.3 Å². The Morgan fingerprint density at radius 2 is 1.42 bits per heavy atom. The number of hydrogen-bond acceptors (Lipinski definition) is 8. The zero-order valence-electron chi connectivity index (χ0n) is 21.2. The molecule has 4 atom stereocenters. The molecule has 38 heavy (non-hydrogen) atoms. The van der Waals surface area contributed by atoms with Crippen molar-refractivity contribution >= 4 is 11.9 Å². The smallest absolute Gasteiger partial charge is 0.160 e. The minimum atomic E-state index is -0.241. The highest BCUT2D eigenvalue weighted by Crippen LogP contribution is 2.51. The van der Waals surface area contributed by atoms with E-state index in [-0.39, 0.29) is 53.5 Å². The second-order valence-electron chi connectivity index (χ2n) is 9.56. The third kappa shape index (κ3) is 5.05. The summed E-state index contributed by atoms with van der Waals surface area (Å²) in [6, 6.07) is 15.4. The zero-order valence-corrected chi connectivity index (χ0v) is 21.2. The molecular formula is C30H30O8. The third-order valence-corrected chi connectivity index (χ3v) is 7.26. The number of fused-ring (bicyclic) bond motifs is 1. The monoisotopic (exact) mass is 518 g/mol. The molecule has 2 aliphatic heterocycles. The standard InChI is InChI=1S/C30H30O8/c1-35-27-13-19(6-5-18(27)12-21(31)8-3-17-4-9-24(32)26(34)11-17)29-22-15-38-30(23(22)16-37-29)20-7-10-25(33)28(14-20)36-2/h3-11,13-14,22-23,29-30,32-34H,12,15-16H2,1-2H3/b8-3+/t22-,23-,29-,30-/m1/s1. The lowest BCUT2D eigenvalue weighted by Crippen LogP contribution is -2.15. The number of ketones is 1. The molecule has 0 saturated carbocycles. The first kappa shape index (κ1) is 25.6. The van der Waals surface area contributed by atoms with Gasteiger partial charge in [-0.2, -0.15) is 0 Å². The van der Waals surface area contributed by atoms with E-state index in [4.69, 9.17) is 18.9 Å². The molecular weight excluding hydrogens is 488 g/mol. The van der Waals surface area contributed by atoms with Crippen molar-refractivity contribution < 1.29 is 39.1 Å². The summed E-state index contributed by atoms with van der Waals surface area (Å²) in [6.07, 6.45) is 2.87. The molecule has 3 N–H and O–H groups in total. The van der Waals surface area contributed by atoms with Crippen molar-refractivity contribution in [2.24, 2.45) is 11.8 Å². The number of rotatable bonds is 8. The summed E-state index contributed by atoms with van der Waals surface area (Å²) in [6.45, 7) is 1.09. The van der Waals surface area contributed by atoms with Crippen LogP contribution in [-0.2, 0) is 20.7 Å². The largest absolute Gasteiger partial charge is 0.504 e. The summed E-state index contributed by atoms with van der Waals surface area (Å²) < 4.78 is 23.3. The molecule has 8 heteroatoms. The number of benzene rings is 3. The molecule has 0 aromatic heterocycles. The van der Waals surface area contributed by atoms with E-state index in [1.165, 1.54) is 25.3 Å². The molecule has 0 radical (unpaired) electrons. The van der Waals surface area contributed by atoms with E-state index in [0.29, 0.717) is 30.3 Å². The molecule has 0 bridgehead atoms. The quantitative estimate of drug-likeness (QED) is 0.290. The van der Waals surface area contributed by atoms with Gasteiger partial charge in [-0.3, -0.25) is 4.79 Å². The van der Waals surface area contributed by atoms with E-state index >= 15 is 0 Å². The van der Waals surface area contributed by atoms with Gasteiger partial charge in [-0.25, -0.2) is 0 Å². The van der Waals surface area contributed by atoms with Crippen LogP contribution in [0, 0.1) is 11.8 Å². The van der Waals surface area contributed by atoms with Crippen LogP contribution >= 0.6 is 0 Å². The number of phenolic OH excluding ortho intramolecular Hbond substituents is 3. The Hall–Kier alpha value is -4.01. The van der Waals surface area contributed by atoms with E-state index in [0.717, 1.165) is 16.7 Å². The summed E-state index contributed by atoms with van der Waals surface area (Å²) in [4.78, 5) is 12.6. The normalized spacial score (nSPS) is 22.5. The number of methoxy groups -OCH3 is 2. The minimum Gasteiger partial charge on any atom is -0.504 e. The summed E-state index contributed by atoms with van der Waals surface area (Å²) in [7, 11) is 3.10. The van der Waals surface area contributed by atoms with Crippen molar-refractivity contribution in [3.8, 4) is 28.7 Å². The van der Waals surface area contributed by atoms with Gasteiger partial charge in [0.25, 0.3) is 0 Å². The van der Waals surface area contributed by atoms with Crippen molar-refractivity contribution in [3.63, 3.8) is 0 Å². The van der Waals surface area contributed by atoms with Crippen LogP contribution in [0.1, 0.15) is 34.5 Å². The van der Waals surface area contributed by atoms with E-state index in [2.05, 4.69) is 0 Å². The molecule has 2 heterocycles. The summed E-state index contributed by atoms with van der Waals surface area (Å²) >= 11 is 0. The number of hydrogen-bond donors (Lipinski definition) is 3. The molecule has 198 valence electrons. The second-order valence-corrected chi connectivity index (χ2v) is 9.56. The van der Waals surface area contributed by atoms with E-state index in [9.17, 15) is 20.1 Å². The number of carbonyl (C=O) groups is 1.